The number of phosphoric acid groups is 1. The molecular weight excluding hydrogens is 882 g/mol. The lowest BCUT2D eigenvalue weighted by Gasteiger charge is -2.19. The second kappa shape index (κ2) is 54.3. The highest BCUT2D eigenvalue weighted by Crippen LogP contribution is 2.43. The molecular formula is C59H102NO8P. The fraction of sp³-hybridized carbons (Fsp3) is 0.695. The van der Waals surface area contributed by atoms with Crippen LogP contribution in [-0.4, -0.2) is 49.3 Å². The van der Waals surface area contributed by atoms with Crippen LogP contribution in [0.1, 0.15) is 232 Å². The second-order valence-electron chi connectivity index (χ2n) is 18.1. The number of esters is 2. The van der Waals surface area contributed by atoms with Crippen LogP contribution in [0.25, 0.3) is 0 Å². The fourth-order valence-electron chi connectivity index (χ4n) is 7.37. The van der Waals surface area contributed by atoms with Gasteiger partial charge in [-0.25, -0.2) is 4.57 Å². The third-order valence-electron chi connectivity index (χ3n) is 11.5. The standard InChI is InChI=1S/C59H102NO8P/c1-3-5-7-9-11-13-15-17-19-21-23-25-27-28-30-32-34-36-38-40-42-44-46-48-50-52-59(62)68-57(56-67-69(63,64)66-54-53-60)55-65-58(61)51-49-47-45-43-41-39-37-35-33-31-29-26-24-22-20-18-16-14-12-10-8-6-4-2/h5,7,11,13,16-19,22-25,28-31,57H,3-4,6,8-10,12,14-15,20-21,26-27,32-56,60H2,1-2H3,(H,63,64)/b7-5-,13-11-,18-16-,19-17-,24-22-,25-23-,30-28-,31-29-. The van der Waals surface area contributed by atoms with Gasteiger partial charge in [0.05, 0.1) is 13.2 Å². The maximum absolute atomic E-state index is 12.7. The van der Waals surface area contributed by atoms with Gasteiger partial charge in [0.15, 0.2) is 6.10 Å². The molecule has 0 fully saturated rings. The fourth-order valence-corrected chi connectivity index (χ4v) is 8.14. The van der Waals surface area contributed by atoms with Crippen LogP contribution in [0.5, 0.6) is 0 Å². The number of carbonyl (C=O) groups excluding carboxylic acids is 2. The van der Waals surface area contributed by atoms with Crippen molar-refractivity contribution in [2.24, 2.45) is 5.73 Å². The zero-order chi connectivity index (χ0) is 50.2. The molecule has 396 valence electrons. The van der Waals surface area contributed by atoms with Gasteiger partial charge >= 0.3 is 19.8 Å². The van der Waals surface area contributed by atoms with E-state index in [1.165, 1.54) is 96.3 Å². The minimum absolute atomic E-state index is 0.0464. The molecule has 0 bridgehead atoms. The molecule has 0 aliphatic heterocycles. The molecule has 0 rings (SSSR count). The first-order chi connectivity index (χ1) is 33.8. The summed E-state index contributed by atoms with van der Waals surface area (Å²) in [6.45, 7) is 3.60. The van der Waals surface area contributed by atoms with Crippen LogP contribution >= 0.6 is 7.82 Å². The molecule has 2 unspecified atom stereocenters. The predicted octanol–water partition coefficient (Wildman–Crippen LogP) is 17.3. The van der Waals surface area contributed by atoms with Crippen molar-refractivity contribution in [2.45, 2.75) is 238 Å². The monoisotopic (exact) mass is 984 g/mol. The minimum Gasteiger partial charge on any atom is -0.462 e. The summed E-state index contributed by atoms with van der Waals surface area (Å²) in [7, 11) is -4.40. The van der Waals surface area contributed by atoms with Crippen LogP contribution < -0.4 is 5.73 Å². The highest BCUT2D eigenvalue weighted by Gasteiger charge is 2.26. The number of unbranched alkanes of at least 4 members (excludes halogenated alkanes) is 22. The number of allylic oxidation sites excluding steroid dienone is 16. The van der Waals surface area contributed by atoms with E-state index in [0.717, 1.165) is 103 Å². The summed E-state index contributed by atoms with van der Waals surface area (Å²) in [6, 6.07) is 0. The first-order valence-corrected chi connectivity index (χ1v) is 29.2. The number of nitrogens with two attached hydrogens (primary N) is 1. The normalized spacial score (nSPS) is 13.9. The summed E-state index contributed by atoms with van der Waals surface area (Å²) >= 11 is 0. The number of rotatable bonds is 51. The van der Waals surface area contributed by atoms with Crippen molar-refractivity contribution in [3.8, 4) is 0 Å². The number of hydrogen-bond acceptors (Lipinski definition) is 8. The molecule has 0 saturated carbocycles. The Bertz CT molecular complexity index is 1450. The lowest BCUT2D eigenvalue weighted by Crippen LogP contribution is -2.29. The first-order valence-electron chi connectivity index (χ1n) is 27.7. The van der Waals surface area contributed by atoms with Gasteiger partial charge in [-0.3, -0.25) is 18.6 Å². The predicted molar refractivity (Wildman–Crippen MR) is 293 cm³/mol. The summed E-state index contributed by atoms with van der Waals surface area (Å²) < 4.78 is 33.0. The van der Waals surface area contributed by atoms with E-state index < -0.39 is 32.5 Å². The Morgan fingerprint density at radius 3 is 1.19 bits per heavy atom. The highest BCUT2D eigenvalue weighted by atomic mass is 31.2. The van der Waals surface area contributed by atoms with Crippen LogP contribution in [0.3, 0.4) is 0 Å². The third kappa shape index (κ3) is 54.1. The van der Waals surface area contributed by atoms with E-state index in [9.17, 15) is 19.0 Å². The number of phosphoric ester groups is 1. The molecule has 0 spiro atoms. The molecule has 0 aromatic heterocycles. The quantitative estimate of drug-likeness (QED) is 0.0264. The van der Waals surface area contributed by atoms with Gasteiger partial charge in [-0.05, 0) is 96.3 Å². The lowest BCUT2D eigenvalue weighted by molar-refractivity contribution is -0.161. The Balaban J connectivity index is 4.06. The van der Waals surface area contributed by atoms with Crippen LogP contribution in [0.2, 0.25) is 0 Å². The molecule has 0 amide bonds. The highest BCUT2D eigenvalue weighted by molar-refractivity contribution is 7.47. The molecule has 10 heteroatoms. The average molecular weight is 984 g/mol. The van der Waals surface area contributed by atoms with Crippen LogP contribution in [0.4, 0.5) is 0 Å². The topological polar surface area (TPSA) is 134 Å². The Labute approximate surface area is 423 Å². The molecule has 0 radical (unpaired) electrons. The molecule has 69 heavy (non-hydrogen) atoms. The van der Waals surface area contributed by atoms with Crippen molar-refractivity contribution in [3.05, 3.63) is 97.2 Å². The number of carbonyl (C=O) groups is 2. The van der Waals surface area contributed by atoms with E-state index in [-0.39, 0.29) is 32.6 Å². The molecule has 0 saturated heterocycles. The molecule has 0 aromatic rings. The molecule has 0 aliphatic rings. The van der Waals surface area contributed by atoms with E-state index >= 15 is 0 Å². The molecule has 9 nitrogen and oxygen atoms in total. The number of ether oxygens (including phenoxy) is 2. The van der Waals surface area contributed by atoms with Crippen molar-refractivity contribution >= 4 is 19.8 Å². The molecule has 3 N–H and O–H groups in total. The van der Waals surface area contributed by atoms with Gasteiger partial charge in [-0.15, -0.1) is 0 Å². The van der Waals surface area contributed by atoms with E-state index in [0.29, 0.717) is 6.42 Å². The second-order valence-corrected chi connectivity index (χ2v) is 19.5. The van der Waals surface area contributed by atoms with Crippen molar-refractivity contribution in [1.29, 1.82) is 0 Å². The maximum Gasteiger partial charge on any atom is 0.472 e. The summed E-state index contributed by atoms with van der Waals surface area (Å²) in [5.41, 5.74) is 5.38. The van der Waals surface area contributed by atoms with E-state index in [1.54, 1.807) is 0 Å². The lowest BCUT2D eigenvalue weighted by atomic mass is 10.1. The average Bonchev–Trinajstić information content (AvgIpc) is 3.34. The van der Waals surface area contributed by atoms with Gasteiger partial charge in [0, 0.05) is 19.4 Å². The summed E-state index contributed by atoms with van der Waals surface area (Å²) in [4.78, 5) is 35.2. The van der Waals surface area contributed by atoms with Gasteiger partial charge in [0.1, 0.15) is 6.61 Å². The molecule has 2 atom stereocenters. The van der Waals surface area contributed by atoms with Crippen LogP contribution in [-0.2, 0) is 32.7 Å². The number of hydrogen-bond donors (Lipinski definition) is 2. The maximum atomic E-state index is 12.7. The largest absolute Gasteiger partial charge is 0.472 e. The third-order valence-corrected chi connectivity index (χ3v) is 12.4. The first kappa shape index (κ1) is 65.9. The van der Waals surface area contributed by atoms with Crippen molar-refractivity contribution in [3.63, 3.8) is 0 Å². The SMILES string of the molecule is CC/C=C\C/C=C\C/C=C\C/C=C\C/C=C\CCCCCCCCCCCC(=O)OC(COC(=O)CCCCCCCCCC/C=C\C/C=C\C/C=C\CCCCCCC)COP(=O)(O)OCCN. The van der Waals surface area contributed by atoms with Crippen LogP contribution in [0.15, 0.2) is 97.2 Å². The van der Waals surface area contributed by atoms with Crippen molar-refractivity contribution < 1.29 is 37.6 Å². The van der Waals surface area contributed by atoms with E-state index in [4.69, 9.17) is 24.3 Å². The van der Waals surface area contributed by atoms with E-state index in [1.807, 2.05) is 0 Å². The zero-order valence-electron chi connectivity index (χ0n) is 44.0. The van der Waals surface area contributed by atoms with Gasteiger partial charge in [-0.1, -0.05) is 220 Å². The molecule has 0 aliphatic carbocycles. The van der Waals surface area contributed by atoms with Gasteiger partial charge in [0.25, 0.3) is 0 Å². The zero-order valence-corrected chi connectivity index (χ0v) is 44.9. The summed E-state index contributed by atoms with van der Waals surface area (Å²) in [5.74, 6) is -0.846. The Morgan fingerprint density at radius 2 is 0.797 bits per heavy atom. The Hall–Kier alpha value is -3.07. The van der Waals surface area contributed by atoms with Crippen molar-refractivity contribution in [2.75, 3.05) is 26.4 Å². The minimum atomic E-state index is -4.40. The van der Waals surface area contributed by atoms with E-state index in [2.05, 4.69) is 111 Å². The van der Waals surface area contributed by atoms with Gasteiger partial charge < -0.3 is 20.1 Å². The Kier molecular flexibility index (Phi) is 51.9. The Morgan fingerprint density at radius 1 is 0.449 bits per heavy atom. The molecule has 0 heterocycles. The summed E-state index contributed by atoms with van der Waals surface area (Å²) in [5, 5.41) is 0. The van der Waals surface area contributed by atoms with Crippen molar-refractivity contribution in [1.82, 2.24) is 0 Å². The van der Waals surface area contributed by atoms with Gasteiger partial charge in [0.2, 0.25) is 0 Å². The molecule has 0 aromatic carbocycles. The van der Waals surface area contributed by atoms with Crippen LogP contribution in [0, 0.1) is 0 Å². The summed E-state index contributed by atoms with van der Waals surface area (Å²) in [6.07, 6.45) is 71.6. The van der Waals surface area contributed by atoms with Gasteiger partial charge in [-0.2, -0.15) is 0 Å². The smallest absolute Gasteiger partial charge is 0.462 e.